The molecule has 2 heterocycles. The highest BCUT2D eigenvalue weighted by atomic mass is 35.5. The molecule has 1 amide bonds. The second-order valence-corrected chi connectivity index (χ2v) is 11.5. The number of halogens is 2. The lowest BCUT2D eigenvalue weighted by atomic mass is 9.93. The Bertz CT molecular complexity index is 1100. The van der Waals surface area contributed by atoms with Gasteiger partial charge in [-0.1, -0.05) is 42.5 Å². The van der Waals surface area contributed by atoms with Crippen molar-refractivity contribution in [3.05, 3.63) is 33.9 Å². The van der Waals surface area contributed by atoms with E-state index >= 15 is 0 Å². The van der Waals surface area contributed by atoms with Crippen molar-refractivity contribution in [1.29, 1.82) is 0 Å². The highest BCUT2D eigenvalue weighted by molar-refractivity contribution is 7.91. The maximum Gasteiger partial charge on any atom is 0.261 e. The predicted octanol–water partition coefficient (Wildman–Crippen LogP) is 4.58. The van der Waals surface area contributed by atoms with Crippen LogP contribution in [0.5, 0.6) is 5.75 Å². The van der Waals surface area contributed by atoms with Crippen molar-refractivity contribution in [1.82, 2.24) is 9.88 Å². The number of rotatable bonds is 5. The summed E-state index contributed by atoms with van der Waals surface area (Å²) >= 11 is 12.7. The summed E-state index contributed by atoms with van der Waals surface area (Å²) in [6.45, 7) is 1.63. The molecular weight excluding hydrogens is 459 g/mol. The Balaban J connectivity index is 1.59. The first kappa shape index (κ1) is 22.6. The van der Waals surface area contributed by atoms with Gasteiger partial charge in [0.2, 0.25) is 0 Å². The van der Waals surface area contributed by atoms with Crippen molar-refractivity contribution in [2.45, 2.75) is 57.5 Å². The van der Waals surface area contributed by atoms with E-state index in [0.29, 0.717) is 28.1 Å². The van der Waals surface area contributed by atoms with Crippen LogP contribution in [0.3, 0.4) is 0 Å². The number of carbonyl (C=O) groups excluding carboxylic acids is 1. The lowest BCUT2D eigenvalue weighted by Gasteiger charge is -2.38. The molecule has 1 unspecified atom stereocenters. The lowest BCUT2D eigenvalue weighted by molar-refractivity contribution is -0.138. The normalized spacial score (nSPS) is 21.3. The molecule has 9 heteroatoms. The molecule has 31 heavy (non-hydrogen) atoms. The standard InChI is InChI=1S/C22H26Cl2N2O4S/c1-14-7-8-17-18(23)11-19(24)22(21(17)25-14)30-12-20(27)26(15-5-3-2-4-6-15)16-9-10-31(28,29)13-16/h7-8,11,15-16H,2-6,9-10,12-13H2,1H3. The molecule has 1 saturated heterocycles. The topological polar surface area (TPSA) is 76.6 Å². The average molecular weight is 485 g/mol. The number of nitrogens with zero attached hydrogens (tertiary/aromatic N) is 2. The Morgan fingerprint density at radius 3 is 2.55 bits per heavy atom. The van der Waals surface area contributed by atoms with Gasteiger partial charge in [0, 0.05) is 23.2 Å². The Morgan fingerprint density at radius 1 is 1.13 bits per heavy atom. The molecule has 1 atom stereocenters. The summed E-state index contributed by atoms with van der Waals surface area (Å²) in [7, 11) is -3.11. The molecule has 0 spiro atoms. The molecule has 2 aromatic rings. The SMILES string of the molecule is Cc1ccc2c(Cl)cc(Cl)c(OCC(=O)N(C3CCCCC3)C3CCS(=O)(=O)C3)c2n1. The lowest BCUT2D eigenvalue weighted by Crippen LogP contribution is -2.50. The Hall–Kier alpha value is -1.57. The van der Waals surface area contributed by atoms with Crippen LogP contribution in [0.15, 0.2) is 18.2 Å². The third-order valence-corrected chi connectivity index (χ3v) is 8.52. The summed E-state index contributed by atoms with van der Waals surface area (Å²) in [5, 5.41) is 1.45. The Kier molecular flexibility index (Phi) is 6.65. The number of sulfone groups is 1. The van der Waals surface area contributed by atoms with Gasteiger partial charge in [-0.2, -0.15) is 0 Å². The zero-order valence-corrected chi connectivity index (χ0v) is 19.8. The van der Waals surface area contributed by atoms with E-state index in [-0.39, 0.29) is 41.1 Å². The van der Waals surface area contributed by atoms with E-state index in [1.165, 1.54) is 0 Å². The zero-order chi connectivity index (χ0) is 22.2. The highest BCUT2D eigenvalue weighted by Crippen LogP contribution is 2.37. The zero-order valence-electron chi connectivity index (χ0n) is 17.4. The second-order valence-electron chi connectivity index (χ2n) is 8.46. The quantitative estimate of drug-likeness (QED) is 0.620. The van der Waals surface area contributed by atoms with E-state index in [4.69, 9.17) is 27.9 Å². The van der Waals surface area contributed by atoms with Crippen LogP contribution in [-0.4, -0.2) is 54.4 Å². The van der Waals surface area contributed by atoms with Crippen molar-refractivity contribution in [3.63, 3.8) is 0 Å². The number of benzene rings is 1. The molecule has 1 aliphatic carbocycles. The summed E-state index contributed by atoms with van der Waals surface area (Å²) in [6, 6.07) is 5.05. The summed E-state index contributed by atoms with van der Waals surface area (Å²) in [6.07, 6.45) is 5.52. The molecule has 0 radical (unpaired) electrons. The minimum absolute atomic E-state index is 0.0284. The number of pyridine rings is 1. The van der Waals surface area contributed by atoms with Crippen LogP contribution in [0.1, 0.15) is 44.2 Å². The fourth-order valence-corrected chi connectivity index (χ4v) is 6.98. The summed E-state index contributed by atoms with van der Waals surface area (Å²) in [4.78, 5) is 19.6. The first-order valence-electron chi connectivity index (χ1n) is 10.6. The third kappa shape index (κ3) is 4.94. The van der Waals surface area contributed by atoms with Gasteiger partial charge in [0.05, 0.1) is 21.6 Å². The number of carbonyl (C=O) groups is 1. The fourth-order valence-electron chi connectivity index (χ4n) is 4.70. The smallest absolute Gasteiger partial charge is 0.261 e. The Labute approximate surface area is 192 Å². The maximum atomic E-state index is 13.3. The molecule has 1 aromatic heterocycles. The van der Waals surface area contributed by atoms with Gasteiger partial charge >= 0.3 is 0 Å². The molecular formula is C22H26Cl2N2O4S. The average Bonchev–Trinajstić information content (AvgIpc) is 3.07. The molecule has 1 aromatic carbocycles. The van der Waals surface area contributed by atoms with Crippen molar-refractivity contribution < 1.29 is 17.9 Å². The molecule has 1 aliphatic heterocycles. The number of hydrogen-bond acceptors (Lipinski definition) is 5. The fraction of sp³-hybridized carbons (Fsp3) is 0.545. The number of fused-ring (bicyclic) bond motifs is 1. The first-order valence-corrected chi connectivity index (χ1v) is 13.2. The highest BCUT2D eigenvalue weighted by Gasteiger charge is 2.38. The predicted molar refractivity (Wildman–Crippen MR) is 123 cm³/mol. The van der Waals surface area contributed by atoms with E-state index < -0.39 is 9.84 Å². The third-order valence-electron chi connectivity index (χ3n) is 6.18. The largest absolute Gasteiger partial charge is 0.480 e. The molecule has 1 saturated carbocycles. The van der Waals surface area contributed by atoms with E-state index in [1.807, 2.05) is 19.1 Å². The molecule has 0 bridgehead atoms. The first-order chi connectivity index (χ1) is 14.7. The van der Waals surface area contributed by atoms with Crippen molar-refractivity contribution in [2.75, 3.05) is 18.1 Å². The minimum atomic E-state index is -3.11. The number of aromatic nitrogens is 1. The second kappa shape index (κ2) is 9.12. The van der Waals surface area contributed by atoms with Gasteiger partial charge in [0.25, 0.3) is 5.91 Å². The van der Waals surface area contributed by atoms with E-state index in [9.17, 15) is 13.2 Å². The number of ether oxygens (including phenoxy) is 1. The van der Waals surface area contributed by atoms with Crippen LogP contribution in [0.2, 0.25) is 10.0 Å². The van der Waals surface area contributed by atoms with Crippen LogP contribution in [0.25, 0.3) is 10.9 Å². The number of hydrogen-bond donors (Lipinski definition) is 0. The van der Waals surface area contributed by atoms with Gasteiger partial charge < -0.3 is 9.64 Å². The van der Waals surface area contributed by atoms with Crippen LogP contribution in [0, 0.1) is 6.92 Å². The number of aryl methyl sites for hydroxylation is 1. The minimum Gasteiger partial charge on any atom is -0.480 e. The van der Waals surface area contributed by atoms with Gasteiger partial charge in [0.15, 0.2) is 22.2 Å². The summed E-state index contributed by atoms with van der Waals surface area (Å²) in [5.74, 6) is 0.272. The molecule has 4 rings (SSSR count). The van der Waals surface area contributed by atoms with Crippen LogP contribution < -0.4 is 4.74 Å². The monoisotopic (exact) mass is 484 g/mol. The van der Waals surface area contributed by atoms with Crippen LogP contribution in [0.4, 0.5) is 0 Å². The van der Waals surface area contributed by atoms with Crippen molar-refractivity contribution in [2.24, 2.45) is 0 Å². The molecule has 168 valence electrons. The molecule has 2 fully saturated rings. The van der Waals surface area contributed by atoms with Crippen LogP contribution in [-0.2, 0) is 14.6 Å². The van der Waals surface area contributed by atoms with Gasteiger partial charge in [-0.15, -0.1) is 0 Å². The van der Waals surface area contributed by atoms with Crippen molar-refractivity contribution in [3.8, 4) is 5.75 Å². The van der Waals surface area contributed by atoms with Gasteiger partial charge in [-0.05, 0) is 44.4 Å². The van der Waals surface area contributed by atoms with Gasteiger partial charge in [0.1, 0.15) is 5.52 Å². The van der Waals surface area contributed by atoms with Crippen LogP contribution >= 0.6 is 23.2 Å². The van der Waals surface area contributed by atoms with Gasteiger partial charge in [-0.25, -0.2) is 13.4 Å². The van der Waals surface area contributed by atoms with E-state index in [2.05, 4.69) is 4.98 Å². The summed E-state index contributed by atoms with van der Waals surface area (Å²) < 4.78 is 30.1. The molecule has 0 N–H and O–H groups in total. The van der Waals surface area contributed by atoms with E-state index in [0.717, 1.165) is 37.8 Å². The van der Waals surface area contributed by atoms with Gasteiger partial charge in [-0.3, -0.25) is 4.79 Å². The van der Waals surface area contributed by atoms with Crippen molar-refractivity contribution >= 4 is 49.8 Å². The summed E-state index contributed by atoms with van der Waals surface area (Å²) in [5.41, 5.74) is 1.29. The molecule has 6 nitrogen and oxygen atoms in total. The Morgan fingerprint density at radius 2 is 1.87 bits per heavy atom. The van der Waals surface area contributed by atoms with E-state index in [1.54, 1.807) is 11.0 Å². The molecule has 2 aliphatic rings. The number of amides is 1. The maximum absolute atomic E-state index is 13.3.